The van der Waals surface area contributed by atoms with Crippen LogP contribution in [0.4, 0.5) is 14.6 Å². The van der Waals surface area contributed by atoms with Gasteiger partial charge < -0.3 is 5.32 Å². The van der Waals surface area contributed by atoms with E-state index < -0.39 is 17.7 Å². The molecular weight excluding hydrogens is 362 g/mol. The van der Waals surface area contributed by atoms with Crippen molar-refractivity contribution in [2.75, 3.05) is 5.32 Å². The molecule has 1 amide bonds. The first-order valence-corrected chi connectivity index (χ1v) is 9.29. The van der Waals surface area contributed by atoms with Crippen molar-refractivity contribution in [1.29, 1.82) is 0 Å². The highest BCUT2D eigenvalue weighted by atomic mass is 19.1. The molecule has 28 heavy (non-hydrogen) atoms. The molecule has 0 saturated heterocycles. The third-order valence-electron chi connectivity index (χ3n) is 4.38. The summed E-state index contributed by atoms with van der Waals surface area (Å²) >= 11 is 0. The number of rotatable bonds is 4. The molecular formula is C21H22F2N4O. The van der Waals surface area contributed by atoms with E-state index in [1.807, 2.05) is 19.9 Å². The van der Waals surface area contributed by atoms with Gasteiger partial charge in [-0.25, -0.2) is 9.37 Å². The van der Waals surface area contributed by atoms with E-state index in [2.05, 4.69) is 15.4 Å². The number of hydrogen-bond acceptors (Lipinski definition) is 3. The Hall–Kier alpha value is -3.09. The minimum atomic E-state index is -0.721. The number of nitrogens with one attached hydrogen (secondary N) is 1. The minimum Gasteiger partial charge on any atom is -0.306 e. The fourth-order valence-electron chi connectivity index (χ4n) is 2.84. The lowest BCUT2D eigenvalue weighted by molar-refractivity contribution is 0.102. The lowest BCUT2D eigenvalue weighted by Crippen LogP contribution is -2.15. The molecule has 7 heteroatoms. The van der Waals surface area contributed by atoms with Gasteiger partial charge in [-0.1, -0.05) is 26.0 Å². The van der Waals surface area contributed by atoms with E-state index in [0.717, 1.165) is 18.5 Å². The van der Waals surface area contributed by atoms with Crippen molar-refractivity contribution in [3.63, 3.8) is 0 Å². The molecule has 0 atom stereocenters. The molecule has 3 aromatic rings. The van der Waals surface area contributed by atoms with E-state index in [4.69, 9.17) is 0 Å². The van der Waals surface area contributed by atoms with Crippen LogP contribution in [0, 0.1) is 11.8 Å². The van der Waals surface area contributed by atoms with Crippen molar-refractivity contribution in [1.82, 2.24) is 14.8 Å². The van der Waals surface area contributed by atoms with Gasteiger partial charge in [0.1, 0.15) is 11.6 Å². The predicted octanol–water partition coefficient (Wildman–Crippen LogP) is 4.92. The molecule has 1 aliphatic rings. The van der Waals surface area contributed by atoms with Crippen molar-refractivity contribution in [2.45, 2.75) is 32.6 Å². The molecule has 1 aliphatic carbocycles. The summed E-state index contributed by atoms with van der Waals surface area (Å²) in [6.45, 7) is 4.00. The van der Waals surface area contributed by atoms with E-state index in [0.29, 0.717) is 17.2 Å². The zero-order chi connectivity index (χ0) is 20.3. The highest BCUT2D eigenvalue weighted by molar-refractivity contribution is 6.03. The van der Waals surface area contributed by atoms with Crippen LogP contribution in [0.1, 0.15) is 48.7 Å². The fraction of sp³-hybridized carbons (Fsp3) is 0.286. The molecule has 1 fully saturated rings. The fourth-order valence-corrected chi connectivity index (χ4v) is 2.84. The number of aromatic nitrogens is 3. The maximum absolute atomic E-state index is 14.5. The number of amides is 1. The SMILES string of the molecule is CC.Cn1nc(C2CC2)cc1-c1ccc(NC(=O)c2ccccc2F)nc1F. The summed E-state index contributed by atoms with van der Waals surface area (Å²) in [6, 6.07) is 10.5. The lowest BCUT2D eigenvalue weighted by atomic mass is 10.1. The molecule has 0 unspecified atom stereocenters. The van der Waals surface area contributed by atoms with Crippen molar-refractivity contribution < 1.29 is 13.6 Å². The van der Waals surface area contributed by atoms with Crippen LogP contribution >= 0.6 is 0 Å². The van der Waals surface area contributed by atoms with Gasteiger partial charge in [-0.05, 0) is 43.2 Å². The van der Waals surface area contributed by atoms with E-state index >= 15 is 0 Å². The van der Waals surface area contributed by atoms with Crippen LogP contribution in [-0.4, -0.2) is 20.7 Å². The molecule has 4 rings (SSSR count). The zero-order valence-electron chi connectivity index (χ0n) is 16.0. The van der Waals surface area contributed by atoms with Crippen molar-refractivity contribution >= 4 is 11.7 Å². The number of hydrogen-bond donors (Lipinski definition) is 1. The largest absolute Gasteiger partial charge is 0.306 e. The Labute approximate surface area is 162 Å². The van der Waals surface area contributed by atoms with Crippen LogP contribution in [-0.2, 0) is 7.05 Å². The van der Waals surface area contributed by atoms with E-state index in [9.17, 15) is 13.6 Å². The Kier molecular flexibility index (Phi) is 5.82. The number of halogens is 2. The smallest absolute Gasteiger partial charge is 0.259 e. The van der Waals surface area contributed by atoms with Gasteiger partial charge in [-0.2, -0.15) is 9.49 Å². The van der Waals surface area contributed by atoms with Crippen molar-refractivity contribution in [2.24, 2.45) is 7.05 Å². The number of aryl methyl sites for hydroxylation is 1. The summed E-state index contributed by atoms with van der Waals surface area (Å²) in [5.74, 6) is -1.57. The van der Waals surface area contributed by atoms with E-state index in [1.165, 1.54) is 30.3 Å². The second kappa shape index (κ2) is 8.29. The van der Waals surface area contributed by atoms with Gasteiger partial charge in [0.05, 0.1) is 22.5 Å². The maximum Gasteiger partial charge on any atom is 0.259 e. The van der Waals surface area contributed by atoms with E-state index in [1.54, 1.807) is 17.8 Å². The molecule has 1 N–H and O–H groups in total. The Morgan fingerprint density at radius 2 is 1.86 bits per heavy atom. The summed E-state index contributed by atoms with van der Waals surface area (Å²) in [5, 5.41) is 6.84. The summed E-state index contributed by atoms with van der Waals surface area (Å²) in [6.07, 6.45) is 2.22. The second-order valence-electron chi connectivity index (χ2n) is 6.32. The number of carbonyl (C=O) groups excluding carboxylic acids is 1. The van der Waals surface area contributed by atoms with Gasteiger partial charge in [0.25, 0.3) is 5.91 Å². The molecule has 1 saturated carbocycles. The first-order chi connectivity index (χ1) is 13.5. The summed E-state index contributed by atoms with van der Waals surface area (Å²) in [4.78, 5) is 15.9. The van der Waals surface area contributed by atoms with Crippen LogP contribution in [0.15, 0.2) is 42.5 Å². The van der Waals surface area contributed by atoms with Crippen molar-refractivity contribution in [3.8, 4) is 11.3 Å². The Bertz CT molecular complexity index is 996. The second-order valence-corrected chi connectivity index (χ2v) is 6.32. The lowest BCUT2D eigenvalue weighted by Gasteiger charge is -2.08. The van der Waals surface area contributed by atoms with Gasteiger partial charge in [-0.3, -0.25) is 9.48 Å². The third kappa shape index (κ3) is 4.08. The Morgan fingerprint density at radius 1 is 1.14 bits per heavy atom. The quantitative estimate of drug-likeness (QED) is 0.650. The highest BCUT2D eigenvalue weighted by Gasteiger charge is 2.27. The molecule has 0 bridgehead atoms. The van der Waals surface area contributed by atoms with Crippen LogP contribution in [0.3, 0.4) is 0 Å². The number of pyridine rings is 1. The molecule has 0 radical (unpaired) electrons. The monoisotopic (exact) mass is 384 g/mol. The van der Waals surface area contributed by atoms with Crippen LogP contribution in [0.5, 0.6) is 0 Å². The topological polar surface area (TPSA) is 59.8 Å². The highest BCUT2D eigenvalue weighted by Crippen LogP contribution is 2.40. The molecule has 1 aromatic carbocycles. The molecule has 2 heterocycles. The third-order valence-corrected chi connectivity index (χ3v) is 4.38. The first-order valence-electron chi connectivity index (χ1n) is 9.29. The average molecular weight is 384 g/mol. The Balaban J connectivity index is 0.00000109. The standard InChI is InChI=1S/C19H16F2N4O.C2H6/c1-25-16(10-15(24-25)11-6-7-11)13-8-9-17(22-18(13)21)23-19(26)12-4-2-3-5-14(12)20;1-2/h2-5,8-11H,6-7H2,1H3,(H,22,23,26);1-2H3. The van der Waals surface area contributed by atoms with Crippen LogP contribution < -0.4 is 5.32 Å². The molecule has 0 aliphatic heterocycles. The molecule has 0 spiro atoms. The average Bonchev–Trinajstić information content (AvgIpc) is 3.47. The molecule has 5 nitrogen and oxygen atoms in total. The first kappa shape index (κ1) is 19.7. The molecule has 146 valence electrons. The minimum absolute atomic E-state index is 0.0177. The maximum atomic E-state index is 14.5. The Morgan fingerprint density at radius 3 is 2.50 bits per heavy atom. The van der Waals surface area contributed by atoms with Crippen LogP contribution in [0.25, 0.3) is 11.3 Å². The zero-order valence-corrected chi connectivity index (χ0v) is 16.0. The normalized spacial score (nSPS) is 12.9. The number of anilines is 1. The summed E-state index contributed by atoms with van der Waals surface area (Å²) in [7, 11) is 1.76. The number of carbonyl (C=O) groups is 1. The van der Waals surface area contributed by atoms with Crippen LogP contribution in [0.2, 0.25) is 0 Å². The van der Waals surface area contributed by atoms with Gasteiger partial charge in [0.15, 0.2) is 0 Å². The number of benzene rings is 1. The van der Waals surface area contributed by atoms with Gasteiger partial charge >= 0.3 is 0 Å². The predicted molar refractivity (Wildman–Crippen MR) is 104 cm³/mol. The van der Waals surface area contributed by atoms with Gasteiger partial charge in [0, 0.05) is 13.0 Å². The summed E-state index contributed by atoms with van der Waals surface area (Å²) in [5.41, 5.74) is 1.76. The molecule has 2 aromatic heterocycles. The summed E-state index contributed by atoms with van der Waals surface area (Å²) < 4.78 is 29.8. The number of nitrogens with zero attached hydrogens (tertiary/aromatic N) is 3. The van der Waals surface area contributed by atoms with E-state index in [-0.39, 0.29) is 11.4 Å². The van der Waals surface area contributed by atoms with Gasteiger partial charge in [0.2, 0.25) is 5.95 Å². The van der Waals surface area contributed by atoms with Crippen molar-refractivity contribution in [3.05, 3.63) is 65.5 Å². The van der Waals surface area contributed by atoms with Gasteiger partial charge in [-0.15, -0.1) is 0 Å².